The summed E-state index contributed by atoms with van der Waals surface area (Å²) in [5, 5.41) is 7.25. The number of amides is 1. The quantitative estimate of drug-likeness (QED) is 0.891. The smallest absolute Gasteiger partial charge is 0.260 e. The highest BCUT2D eigenvalue weighted by Gasteiger charge is 2.16. The molecule has 0 aliphatic rings. The van der Waals surface area contributed by atoms with E-state index in [1.807, 2.05) is 13.0 Å². The summed E-state index contributed by atoms with van der Waals surface area (Å²) in [6, 6.07) is 6.96. The van der Waals surface area contributed by atoms with Crippen molar-refractivity contribution >= 4 is 11.7 Å². The largest absolute Gasteiger partial charge is 0.497 e. The van der Waals surface area contributed by atoms with Crippen molar-refractivity contribution in [1.82, 2.24) is 9.78 Å². The maximum Gasteiger partial charge on any atom is 0.260 e. The summed E-state index contributed by atoms with van der Waals surface area (Å²) in [7, 11) is 3.09. The molecule has 0 fully saturated rings. The number of nitrogens with zero attached hydrogens (tertiary/aromatic N) is 2. The molecule has 0 saturated heterocycles. The highest BCUT2D eigenvalue weighted by atomic mass is 16.5. The molecule has 22 heavy (non-hydrogen) atoms. The van der Waals surface area contributed by atoms with Gasteiger partial charge in [-0.2, -0.15) is 5.10 Å². The monoisotopic (exact) mass is 303 g/mol. The first-order chi connectivity index (χ1) is 10.6. The van der Waals surface area contributed by atoms with Crippen molar-refractivity contribution in [3.63, 3.8) is 0 Å². The average molecular weight is 303 g/mol. The van der Waals surface area contributed by atoms with Crippen LogP contribution >= 0.6 is 0 Å². The van der Waals surface area contributed by atoms with Gasteiger partial charge in [0, 0.05) is 12.6 Å². The van der Waals surface area contributed by atoms with E-state index in [2.05, 4.69) is 17.3 Å². The van der Waals surface area contributed by atoms with Gasteiger partial charge in [-0.05, 0) is 31.5 Å². The summed E-state index contributed by atoms with van der Waals surface area (Å²) in [5.74, 6) is 1.52. The molecule has 118 valence electrons. The number of rotatable bonds is 6. The first-order valence-corrected chi connectivity index (χ1v) is 7.16. The molecule has 1 heterocycles. The molecule has 0 radical (unpaired) electrons. The third-order valence-electron chi connectivity index (χ3n) is 3.23. The lowest BCUT2D eigenvalue weighted by atomic mass is 10.1. The van der Waals surface area contributed by atoms with Gasteiger partial charge in [0.05, 0.1) is 25.5 Å². The number of carbonyl (C=O) groups is 1. The number of nitrogens with one attached hydrogen (secondary N) is 1. The molecule has 6 heteroatoms. The van der Waals surface area contributed by atoms with E-state index in [1.165, 1.54) is 7.11 Å². The van der Waals surface area contributed by atoms with E-state index in [9.17, 15) is 4.79 Å². The summed E-state index contributed by atoms with van der Waals surface area (Å²) < 4.78 is 12.2. The zero-order chi connectivity index (χ0) is 16.1. The van der Waals surface area contributed by atoms with Crippen LogP contribution in [0.3, 0.4) is 0 Å². The predicted octanol–water partition coefficient (Wildman–Crippen LogP) is 2.87. The van der Waals surface area contributed by atoms with Crippen molar-refractivity contribution in [1.29, 1.82) is 0 Å². The maximum atomic E-state index is 12.5. The molecule has 1 aromatic carbocycles. The highest BCUT2D eigenvalue weighted by Crippen LogP contribution is 2.25. The molecule has 0 aliphatic heterocycles. The van der Waals surface area contributed by atoms with Crippen molar-refractivity contribution in [3.8, 4) is 11.5 Å². The highest BCUT2D eigenvalue weighted by molar-refractivity contribution is 6.06. The van der Waals surface area contributed by atoms with Crippen LogP contribution in [0.4, 0.5) is 5.82 Å². The lowest BCUT2D eigenvalue weighted by Crippen LogP contribution is -2.16. The number of hydrogen-bond acceptors (Lipinski definition) is 4. The van der Waals surface area contributed by atoms with E-state index >= 15 is 0 Å². The van der Waals surface area contributed by atoms with Gasteiger partial charge in [-0.3, -0.25) is 4.79 Å². The standard InChI is InChI=1S/C16H21N3O3/c1-5-8-19-15(9-11(2)18-19)17-16(20)13-10-12(21-3)6-7-14(13)22-4/h6-7,9-10H,5,8H2,1-4H3,(H,17,20). The molecular formula is C16H21N3O3. The van der Waals surface area contributed by atoms with Crippen LogP contribution in [0.15, 0.2) is 24.3 Å². The Hall–Kier alpha value is -2.50. The molecule has 0 bridgehead atoms. The summed E-state index contributed by atoms with van der Waals surface area (Å²) in [6.07, 6.45) is 0.937. The number of aryl methyl sites for hydroxylation is 2. The zero-order valence-corrected chi connectivity index (χ0v) is 13.3. The van der Waals surface area contributed by atoms with Gasteiger partial charge >= 0.3 is 0 Å². The molecule has 2 aromatic rings. The SMILES string of the molecule is CCCn1nc(C)cc1NC(=O)c1cc(OC)ccc1OC. The Bertz CT molecular complexity index is 665. The number of hydrogen-bond donors (Lipinski definition) is 1. The van der Waals surface area contributed by atoms with Crippen LogP contribution in [-0.2, 0) is 6.54 Å². The molecule has 2 rings (SSSR count). The lowest BCUT2D eigenvalue weighted by molar-refractivity contribution is 0.102. The fourth-order valence-corrected chi connectivity index (χ4v) is 2.20. The second kappa shape index (κ2) is 6.98. The molecule has 0 spiro atoms. The van der Waals surface area contributed by atoms with Crippen LogP contribution in [0.25, 0.3) is 0 Å². The number of anilines is 1. The first-order valence-electron chi connectivity index (χ1n) is 7.16. The van der Waals surface area contributed by atoms with Gasteiger partial charge in [0.15, 0.2) is 0 Å². The fourth-order valence-electron chi connectivity index (χ4n) is 2.20. The molecule has 0 saturated carbocycles. The zero-order valence-electron chi connectivity index (χ0n) is 13.3. The molecule has 0 aliphatic carbocycles. The normalized spacial score (nSPS) is 10.4. The van der Waals surface area contributed by atoms with Gasteiger partial charge in [0.2, 0.25) is 0 Å². The topological polar surface area (TPSA) is 65.4 Å². The summed E-state index contributed by atoms with van der Waals surface area (Å²) >= 11 is 0. The van der Waals surface area contributed by atoms with Crippen LogP contribution in [0.2, 0.25) is 0 Å². The molecular weight excluding hydrogens is 282 g/mol. The predicted molar refractivity (Wildman–Crippen MR) is 84.8 cm³/mol. The number of methoxy groups -OCH3 is 2. The molecule has 0 unspecified atom stereocenters. The molecule has 1 N–H and O–H groups in total. The van der Waals surface area contributed by atoms with Gasteiger partial charge in [-0.15, -0.1) is 0 Å². The summed E-state index contributed by atoms with van der Waals surface area (Å²) in [4.78, 5) is 12.5. The Morgan fingerprint density at radius 3 is 2.68 bits per heavy atom. The second-order valence-corrected chi connectivity index (χ2v) is 4.91. The Kier molecular flexibility index (Phi) is 5.04. The maximum absolute atomic E-state index is 12.5. The second-order valence-electron chi connectivity index (χ2n) is 4.91. The third-order valence-corrected chi connectivity index (χ3v) is 3.23. The van der Waals surface area contributed by atoms with Crippen LogP contribution in [0.1, 0.15) is 29.4 Å². The van der Waals surface area contributed by atoms with Gasteiger partial charge in [0.1, 0.15) is 17.3 Å². The van der Waals surface area contributed by atoms with Crippen LogP contribution in [0, 0.1) is 6.92 Å². The van der Waals surface area contributed by atoms with E-state index in [4.69, 9.17) is 9.47 Å². The van der Waals surface area contributed by atoms with Crippen molar-refractivity contribution in [2.45, 2.75) is 26.8 Å². The summed E-state index contributed by atoms with van der Waals surface area (Å²) in [6.45, 7) is 4.71. The third kappa shape index (κ3) is 3.39. The number of aromatic nitrogens is 2. The Morgan fingerprint density at radius 2 is 2.05 bits per heavy atom. The number of carbonyl (C=O) groups excluding carboxylic acids is 1. The van der Waals surface area contributed by atoms with Crippen LogP contribution < -0.4 is 14.8 Å². The van der Waals surface area contributed by atoms with E-state index in [0.717, 1.165) is 18.7 Å². The van der Waals surface area contributed by atoms with Crippen LogP contribution in [-0.4, -0.2) is 29.9 Å². The average Bonchev–Trinajstić information content (AvgIpc) is 2.86. The minimum Gasteiger partial charge on any atom is -0.497 e. The fraction of sp³-hybridized carbons (Fsp3) is 0.375. The van der Waals surface area contributed by atoms with Crippen molar-refractivity contribution in [2.75, 3.05) is 19.5 Å². The molecule has 1 aromatic heterocycles. The Morgan fingerprint density at radius 1 is 1.27 bits per heavy atom. The molecule has 1 amide bonds. The summed E-state index contributed by atoms with van der Waals surface area (Å²) in [5.41, 5.74) is 1.28. The van der Waals surface area contributed by atoms with Crippen molar-refractivity contribution in [2.24, 2.45) is 0 Å². The van der Waals surface area contributed by atoms with E-state index in [0.29, 0.717) is 22.9 Å². The van der Waals surface area contributed by atoms with Crippen molar-refractivity contribution in [3.05, 3.63) is 35.5 Å². The minimum atomic E-state index is -0.256. The van der Waals surface area contributed by atoms with Gasteiger partial charge in [0.25, 0.3) is 5.91 Å². The van der Waals surface area contributed by atoms with E-state index < -0.39 is 0 Å². The Balaban J connectivity index is 2.29. The molecule has 0 atom stereocenters. The van der Waals surface area contributed by atoms with Crippen molar-refractivity contribution < 1.29 is 14.3 Å². The van der Waals surface area contributed by atoms with E-state index in [-0.39, 0.29) is 5.91 Å². The van der Waals surface area contributed by atoms with Gasteiger partial charge in [-0.1, -0.05) is 6.92 Å². The first kappa shape index (κ1) is 15.9. The van der Waals surface area contributed by atoms with Gasteiger partial charge in [-0.25, -0.2) is 4.68 Å². The number of ether oxygens (including phenoxy) is 2. The van der Waals surface area contributed by atoms with Crippen LogP contribution in [0.5, 0.6) is 11.5 Å². The number of benzene rings is 1. The molecule has 6 nitrogen and oxygen atoms in total. The van der Waals surface area contributed by atoms with E-state index in [1.54, 1.807) is 30.0 Å². The Labute approximate surface area is 130 Å². The lowest BCUT2D eigenvalue weighted by Gasteiger charge is -2.11. The van der Waals surface area contributed by atoms with Gasteiger partial charge < -0.3 is 14.8 Å². The minimum absolute atomic E-state index is 0.256.